The molecule has 2 aromatic rings. The minimum atomic E-state index is -1.06. The zero-order chi connectivity index (χ0) is 17.0. The van der Waals surface area contributed by atoms with Crippen molar-refractivity contribution in [2.45, 2.75) is 17.7 Å². The number of halogens is 1. The molecular weight excluding hydrogens is 337 g/mol. The van der Waals surface area contributed by atoms with Gasteiger partial charge in [-0.15, -0.1) is 0 Å². The Morgan fingerprint density at radius 2 is 2.04 bits per heavy atom. The van der Waals surface area contributed by atoms with Gasteiger partial charge in [-0.1, -0.05) is 42.1 Å². The first-order chi connectivity index (χ1) is 12.2. The molecule has 1 saturated carbocycles. The number of hydrogen-bond donors (Lipinski definition) is 1. The fourth-order valence-corrected chi connectivity index (χ4v) is 4.61. The summed E-state index contributed by atoms with van der Waals surface area (Å²) in [6.07, 6.45) is 2.30. The fraction of sp³-hybridized carbons (Fsp3) is 0.263. The summed E-state index contributed by atoms with van der Waals surface area (Å²) in [4.78, 5) is 14.0. The highest BCUT2D eigenvalue weighted by Gasteiger charge is 2.56. The molecule has 1 amide bonds. The molecule has 1 atom stereocenters. The standard InChI is InChI=1S/C19H16FN3OS/c20-14-8-9-16-15(10-14)19(18(24)23(16)11-12-6-7-12)22-21-17(25-19)13-4-2-1-3-5-13/h1-5,8-10,12,22H,6-7,11H2. The molecule has 1 aliphatic carbocycles. The van der Waals surface area contributed by atoms with Gasteiger partial charge in [0.15, 0.2) is 0 Å². The number of hydrogen-bond acceptors (Lipinski definition) is 4. The second-order valence-corrected chi connectivity index (χ2v) is 7.90. The van der Waals surface area contributed by atoms with Crippen molar-refractivity contribution < 1.29 is 9.18 Å². The number of thioether (sulfide) groups is 1. The van der Waals surface area contributed by atoms with Crippen LogP contribution in [0, 0.1) is 11.7 Å². The van der Waals surface area contributed by atoms with Crippen LogP contribution in [0.4, 0.5) is 10.1 Å². The predicted molar refractivity (Wildman–Crippen MR) is 96.9 cm³/mol. The highest BCUT2D eigenvalue weighted by molar-refractivity contribution is 8.16. The Labute approximate surface area is 149 Å². The van der Waals surface area contributed by atoms with Crippen LogP contribution >= 0.6 is 11.8 Å². The lowest BCUT2D eigenvalue weighted by atomic mass is 10.1. The highest BCUT2D eigenvalue weighted by Crippen LogP contribution is 2.51. The number of carbonyl (C=O) groups is 1. The van der Waals surface area contributed by atoms with Crippen molar-refractivity contribution in [3.63, 3.8) is 0 Å². The van der Waals surface area contributed by atoms with Gasteiger partial charge in [0.05, 0.1) is 5.69 Å². The monoisotopic (exact) mass is 353 g/mol. The number of benzene rings is 2. The molecule has 3 aliphatic rings. The Kier molecular flexibility index (Phi) is 3.19. The summed E-state index contributed by atoms with van der Waals surface area (Å²) in [5, 5.41) is 5.16. The van der Waals surface area contributed by atoms with Crippen molar-refractivity contribution in [2.24, 2.45) is 11.0 Å². The molecule has 0 aromatic heterocycles. The summed E-state index contributed by atoms with van der Waals surface area (Å²) in [7, 11) is 0. The van der Waals surface area contributed by atoms with Crippen LogP contribution in [-0.2, 0) is 9.67 Å². The van der Waals surface area contributed by atoms with Crippen LogP contribution in [0.3, 0.4) is 0 Å². The lowest BCUT2D eigenvalue weighted by molar-refractivity contribution is -0.121. The number of nitrogens with zero attached hydrogens (tertiary/aromatic N) is 2. The third kappa shape index (κ3) is 2.28. The van der Waals surface area contributed by atoms with Crippen molar-refractivity contribution in [3.05, 3.63) is 65.5 Å². The number of hydrazone groups is 1. The van der Waals surface area contributed by atoms with Crippen LogP contribution in [0.1, 0.15) is 24.0 Å². The van der Waals surface area contributed by atoms with Gasteiger partial charge in [-0.2, -0.15) is 5.10 Å². The summed E-state index contributed by atoms with van der Waals surface area (Å²) in [5.41, 5.74) is 5.44. The van der Waals surface area contributed by atoms with E-state index in [9.17, 15) is 9.18 Å². The topological polar surface area (TPSA) is 44.7 Å². The van der Waals surface area contributed by atoms with Gasteiger partial charge < -0.3 is 4.90 Å². The van der Waals surface area contributed by atoms with E-state index in [0.717, 1.165) is 29.1 Å². The van der Waals surface area contributed by atoms with E-state index in [1.807, 2.05) is 30.3 Å². The number of fused-ring (bicyclic) bond motifs is 2. The summed E-state index contributed by atoms with van der Waals surface area (Å²) in [5.74, 6) is 0.160. The fourth-order valence-electron chi connectivity index (χ4n) is 3.41. The van der Waals surface area contributed by atoms with E-state index in [0.29, 0.717) is 18.0 Å². The van der Waals surface area contributed by atoms with Gasteiger partial charge in [-0.25, -0.2) is 4.39 Å². The SMILES string of the molecule is O=C1N(CC2CC2)c2ccc(F)cc2C12NN=C(c1ccccc1)S2. The number of amides is 1. The number of anilines is 1. The zero-order valence-corrected chi connectivity index (χ0v) is 14.2. The van der Waals surface area contributed by atoms with Crippen molar-refractivity contribution >= 4 is 28.4 Å². The Hall–Kier alpha value is -2.34. The maximum Gasteiger partial charge on any atom is 0.269 e. The first-order valence-corrected chi connectivity index (χ1v) is 9.20. The highest BCUT2D eigenvalue weighted by atomic mass is 32.2. The Bertz CT molecular complexity index is 897. The van der Waals surface area contributed by atoms with E-state index in [1.54, 1.807) is 11.0 Å². The summed E-state index contributed by atoms with van der Waals surface area (Å²) >= 11 is 1.37. The van der Waals surface area contributed by atoms with Crippen LogP contribution in [0.15, 0.2) is 53.6 Å². The minimum absolute atomic E-state index is 0.0559. The van der Waals surface area contributed by atoms with E-state index < -0.39 is 4.87 Å². The predicted octanol–water partition coefficient (Wildman–Crippen LogP) is 3.43. The Balaban J connectivity index is 1.55. The normalized spacial score (nSPS) is 24.4. The van der Waals surface area contributed by atoms with Gasteiger partial charge in [0.1, 0.15) is 10.9 Å². The van der Waals surface area contributed by atoms with E-state index >= 15 is 0 Å². The molecule has 2 heterocycles. The first-order valence-electron chi connectivity index (χ1n) is 8.39. The number of carbonyl (C=O) groups excluding carboxylic acids is 1. The molecule has 0 bridgehead atoms. The van der Waals surface area contributed by atoms with Crippen molar-refractivity contribution in [2.75, 3.05) is 11.4 Å². The van der Waals surface area contributed by atoms with Crippen LogP contribution in [0.25, 0.3) is 0 Å². The van der Waals surface area contributed by atoms with E-state index in [-0.39, 0.29) is 11.7 Å². The lowest BCUT2D eigenvalue weighted by Crippen LogP contribution is -2.45. The second kappa shape index (κ2) is 5.33. The smallest absolute Gasteiger partial charge is 0.269 e. The molecule has 4 nitrogen and oxygen atoms in total. The van der Waals surface area contributed by atoms with Crippen LogP contribution in [0.5, 0.6) is 0 Å². The molecule has 1 unspecified atom stereocenters. The first kappa shape index (κ1) is 15.0. The molecule has 25 heavy (non-hydrogen) atoms. The number of rotatable bonds is 3. The van der Waals surface area contributed by atoms with Gasteiger partial charge >= 0.3 is 0 Å². The van der Waals surface area contributed by atoms with Gasteiger partial charge in [-0.3, -0.25) is 10.2 Å². The quantitative estimate of drug-likeness (QED) is 0.919. The molecule has 6 heteroatoms. The molecule has 2 aromatic carbocycles. The maximum absolute atomic E-state index is 13.9. The zero-order valence-electron chi connectivity index (χ0n) is 13.4. The van der Waals surface area contributed by atoms with Crippen molar-refractivity contribution in [1.29, 1.82) is 0 Å². The van der Waals surface area contributed by atoms with Crippen molar-refractivity contribution in [1.82, 2.24) is 5.43 Å². The van der Waals surface area contributed by atoms with E-state index in [4.69, 9.17) is 0 Å². The lowest BCUT2D eigenvalue weighted by Gasteiger charge is -2.22. The van der Waals surface area contributed by atoms with Gasteiger partial charge in [0.2, 0.25) is 4.87 Å². The summed E-state index contributed by atoms with van der Waals surface area (Å²) in [6.45, 7) is 0.697. The molecular formula is C19H16FN3OS. The third-order valence-corrected chi connectivity index (χ3v) is 6.21. The molecule has 126 valence electrons. The molecule has 2 aliphatic heterocycles. The Morgan fingerprint density at radius 1 is 1.24 bits per heavy atom. The second-order valence-electron chi connectivity index (χ2n) is 6.70. The molecule has 0 radical (unpaired) electrons. The molecule has 1 N–H and O–H groups in total. The molecule has 0 saturated heterocycles. The number of nitrogens with one attached hydrogen (secondary N) is 1. The van der Waals surface area contributed by atoms with Gasteiger partial charge in [0.25, 0.3) is 5.91 Å². The minimum Gasteiger partial charge on any atom is -0.309 e. The summed E-state index contributed by atoms with van der Waals surface area (Å²) in [6, 6.07) is 14.3. The van der Waals surface area contributed by atoms with Crippen LogP contribution in [-0.4, -0.2) is 17.5 Å². The molecule has 1 spiro atoms. The van der Waals surface area contributed by atoms with Crippen LogP contribution in [0.2, 0.25) is 0 Å². The van der Waals surface area contributed by atoms with Gasteiger partial charge in [-0.05, 0) is 37.0 Å². The van der Waals surface area contributed by atoms with Crippen LogP contribution < -0.4 is 10.3 Å². The molecule has 5 rings (SSSR count). The van der Waals surface area contributed by atoms with Crippen molar-refractivity contribution in [3.8, 4) is 0 Å². The third-order valence-electron chi connectivity index (χ3n) is 4.90. The Morgan fingerprint density at radius 3 is 2.80 bits per heavy atom. The van der Waals surface area contributed by atoms with E-state index in [2.05, 4.69) is 10.5 Å². The van der Waals surface area contributed by atoms with Gasteiger partial charge in [0, 0.05) is 17.7 Å². The average molecular weight is 353 g/mol. The molecule has 1 fully saturated rings. The average Bonchev–Trinajstić information content (AvgIpc) is 3.30. The largest absolute Gasteiger partial charge is 0.309 e. The summed E-state index contributed by atoms with van der Waals surface area (Å²) < 4.78 is 13.9. The van der Waals surface area contributed by atoms with E-state index in [1.165, 1.54) is 23.9 Å². The maximum atomic E-state index is 13.9.